The Hall–Kier alpha value is -4.96. The van der Waals surface area contributed by atoms with Gasteiger partial charge in [-0.3, -0.25) is 0 Å². The Morgan fingerprint density at radius 3 is 1.65 bits per heavy atom. The molecule has 46 heavy (non-hydrogen) atoms. The quantitative estimate of drug-likeness (QED) is 0.0801. The van der Waals surface area contributed by atoms with Gasteiger partial charge in [0.05, 0.1) is 10.8 Å². The normalized spacial score (nSPS) is 12.0. The maximum Gasteiger partial charge on any atom is 0.636 e. The van der Waals surface area contributed by atoms with Gasteiger partial charge < -0.3 is 9.31 Å². The van der Waals surface area contributed by atoms with Gasteiger partial charge in [-0.2, -0.15) is 4.39 Å². The van der Waals surface area contributed by atoms with Crippen molar-refractivity contribution in [3.05, 3.63) is 123 Å². The summed E-state index contributed by atoms with van der Waals surface area (Å²) in [5, 5.41) is -4.01. The number of hydrogen-bond acceptors (Lipinski definition) is 2. The summed E-state index contributed by atoms with van der Waals surface area (Å²) in [6.45, 7) is 0. The summed E-state index contributed by atoms with van der Waals surface area (Å²) < 4.78 is 215. The van der Waals surface area contributed by atoms with Crippen LogP contribution in [0.4, 0.5) is 61.5 Å². The van der Waals surface area contributed by atoms with Crippen LogP contribution >= 0.6 is 0 Å². The van der Waals surface area contributed by atoms with Gasteiger partial charge in [-0.1, -0.05) is 6.07 Å². The summed E-state index contributed by atoms with van der Waals surface area (Å²) in [6, 6.07) is 2.60. The lowest BCUT2D eigenvalue weighted by Crippen LogP contribution is -2.46. The van der Waals surface area contributed by atoms with E-state index in [0.717, 1.165) is 6.07 Å². The van der Waals surface area contributed by atoms with E-state index in [0.29, 0.717) is 18.2 Å². The van der Waals surface area contributed by atoms with Gasteiger partial charge in [-0.05, 0) is 23.8 Å². The second kappa shape index (κ2) is 10.8. The first kappa shape index (κ1) is 31.0. The van der Waals surface area contributed by atoms with Crippen LogP contribution in [0.5, 0.6) is 11.5 Å². The third-order valence-corrected chi connectivity index (χ3v) is 7.15. The van der Waals surface area contributed by atoms with Gasteiger partial charge in [0, 0.05) is 34.6 Å². The molecule has 5 aromatic carbocycles. The Bertz CT molecular complexity index is 2150. The SMILES string of the molecule is Fc1ccc(OB(Oc2c(F)c(F)c(F)c3c2Cc2ccc(F)c(F)c2-3)c2c(F)c(F)c(F)c3c(F)c(F)c(F)c(F)c23)cc1F. The van der Waals surface area contributed by atoms with Crippen LogP contribution in [-0.2, 0) is 6.42 Å². The smallest absolute Gasteiger partial charge is 0.522 e. The van der Waals surface area contributed by atoms with Crippen LogP contribution in [0, 0.1) is 81.4 Å². The second-order valence-electron chi connectivity index (χ2n) is 9.70. The molecule has 0 radical (unpaired) electrons. The van der Waals surface area contributed by atoms with Crippen LogP contribution < -0.4 is 14.8 Å². The average Bonchev–Trinajstić information content (AvgIpc) is 3.42. The molecular weight excluding hydrogens is 657 g/mol. The number of hydrogen-bond donors (Lipinski definition) is 0. The summed E-state index contributed by atoms with van der Waals surface area (Å²) >= 11 is 0. The van der Waals surface area contributed by atoms with Crippen molar-refractivity contribution in [2.75, 3.05) is 0 Å². The molecule has 0 aliphatic heterocycles. The Morgan fingerprint density at radius 1 is 0.457 bits per heavy atom. The zero-order valence-corrected chi connectivity index (χ0v) is 21.8. The maximum atomic E-state index is 15.4. The topological polar surface area (TPSA) is 18.5 Å². The molecule has 1 aliphatic carbocycles. The molecule has 0 fully saturated rings. The molecule has 236 valence electrons. The molecule has 5 aromatic rings. The van der Waals surface area contributed by atoms with Crippen LogP contribution in [0.1, 0.15) is 11.1 Å². The maximum absolute atomic E-state index is 15.4. The van der Waals surface area contributed by atoms with E-state index in [4.69, 9.17) is 9.31 Å². The number of halogens is 14. The van der Waals surface area contributed by atoms with Crippen molar-refractivity contribution in [3.63, 3.8) is 0 Å². The van der Waals surface area contributed by atoms with Gasteiger partial charge in [-0.25, -0.2) is 57.1 Å². The zero-order valence-electron chi connectivity index (χ0n) is 21.8. The predicted molar refractivity (Wildman–Crippen MR) is 131 cm³/mol. The first-order valence-corrected chi connectivity index (χ1v) is 12.4. The van der Waals surface area contributed by atoms with E-state index in [9.17, 15) is 48.3 Å². The van der Waals surface area contributed by atoms with Crippen molar-refractivity contribution in [2.24, 2.45) is 0 Å². The third kappa shape index (κ3) is 4.42. The Morgan fingerprint density at radius 2 is 1.02 bits per heavy atom. The monoisotopic (exact) mass is 664 g/mol. The zero-order chi connectivity index (χ0) is 33.5. The standard InChI is InChI=1S/C29H7BF14O2/c31-10-4-2-8(6-12(10)33)45-30(17-15-16(21(37)24(40)23(17)39)22(38)26(42)25(41)20(15)36)46-29-9-5-7-1-3-11(32)18(34)13(7)14(9)19(35)27(43)28(29)44/h1-4,6H,5H2. The van der Waals surface area contributed by atoms with Crippen LogP contribution in [0.25, 0.3) is 21.9 Å². The van der Waals surface area contributed by atoms with E-state index in [1.54, 1.807) is 0 Å². The van der Waals surface area contributed by atoms with Crippen molar-refractivity contribution in [1.29, 1.82) is 0 Å². The molecule has 0 unspecified atom stereocenters. The molecule has 17 heteroatoms. The van der Waals surface area contributed by atoms with Gasteiger partial charge in [0.1, 0.15) is 11.5 Å². The highest BCUT2D eigenvalue weighted by Gasteiger charge is 2.43. The lowest BCUT2D eigenvalue weighted by molar-refractivity contribution is 0.383. The molecule has 0 heterocycles. The van der Waals surface area contributed by atoms with E-state index in [1.165, 1.54) is 0 Å². The van der Waals surface area contributed by atoms with E-state index >= 15 is 13.2 Å². The van der Waals surface area contributed by atoms with Crippen molar-refractivity contribution in [3.8, 4) is 22.6 Å². The van der Waals surface area contributed by atoms with E-state index < -0.39 is 139 Å². The average molecular weight is 664 g/mol. The van der Waals surface area contributed by atoms with Crippen LogP contribution in [-0.4, -0.2) is 7.12 Å². The summed E-state index contributed by atoms with van der Waals surface area (Å²) in [6.07, 6.45) is -0.771. The molecule has 0 spiro atoms. The minimum atomic E-state index is -3.10. The summed E-state index contributed by atoms with van der Waals surface area (Å²) in [5.41, 5.74) is -5.07. The molecule has 0 bridgehead atoms. The van der Waals surface area contributed by atoms with Gasteiger partial charge in [-0.15, -0.1) is 0 Å². The van der Waals surface area contributed by atoms with Crippen LogP contribution in [0.15, 0.2) is 30.3 Å². The Balaban J connectivity index is 1.67. The van der Waals surface area contributed by atoms with Crippen molar-refractivity contribution >= 4 is 23.4 Å². The first-order chi connectivity index (χ1) is 21.6. The summed E-state index contributed by atoms with van der Waals surface area (Å²) in [5.74, 6) is -34.2. The van der Waals surface area contributed by atoms with Gasteiger partial charge >= 0.3 is 7.12 Å². The molecule has 6 rings (SSSR count). The fourth-order valence-corrected chi connectivity index (χ4v) is 5.10. The van der Waals surface area contributed by atoms with Crippen molar-refractivity contribution in [1.82, 2.24) is 0 Å². The summed E-state index contributed by atoms with van der Waals surface area (Å²) in [7, 11) is -3.10. The molecular formula is C29H7BF14O2. The molecule has 0 atom stereocenters. The largest absolute Gasteiger partial charge is 0.636 e. The van der Waals surface area contributed by atoms with Gasteiger partial charge in [0.25, 0.3) is 0 Å². The second-order valence-corrected chi connectivity index (χ2v) is 9.70. The molecule has 2 nitrogen and oxygen atoms in total. The molecule has 0 amide bonds. The fraction of sp³-hybridized carbons (Fsp3) is 0.0345. The summed E-state index contributed by atoms with van der Waals surface area (Å²) in [4.78, 5) is 0. The van der Waals surface area contributed by atoms with Gasteiger partial charge in [0.2, 0.25) is 5.82 Å². The number of fused-ring (bicyclic) bond motifs is 4. The third-order valence-electron chi connectivity index (χ3n) is 7.15. The molecule has 0 aromatic heterocycles. The van der Waals surface area contributed by atoms with Crippen LogP contribution in [0.3, 0.4) is 0 Å². The number of rotatable bonds is 5. The lowest BCUT2D eigenvalue weighted by atomic mass is 9.74. The molecule has 1 aliphatic rings. The predicted octanol–water partition coefficient (Wildman–Crippen LogP) is 8.21. The lowest BCUT2D eigenvalue weighted by Gasteiger charge is -2.22. The Labute approximate surface area is 246 Å². The van der Waals surface area contributed by atoms with E-state index in [2.05, 4.69) is 0 Å². The minimum Gasteiger partial charge on any atom is -0.522 e. The van der Waals surface area contributed by atoms with E-state index in [-0.39, 0.29) is 11.6 Å². The Kier molecular flexibility index (Phi) is 7.32. The fourth-order valence-electron chi connectivity index (χ4n) is 5.10. The molecule has 0 saturated carbocycles. The highest BCUT2D eigenvalue weighted by atomic mass is 19.2. The van der Waals surface area contributed by atoms with Gasteiger partial charge in [0.15, 0.2) is 75.6 Å². The number of benzene rings is 5. The van der Waals surface area contributed by atoms with E-state index in [1.807, 2.05) is 0 Å². The van der Waals surface area contributed by atoms with Crippen molar-refractivity contribution < 1.29 is 70.8 Å². The molecule has 0 saturated heterocycles. The first-order valence-electron chi connectivity index (χ1n) is 12.4. The highest BCUT2D eigenvalue weighted by molar-refractivity contribution is 6.66. The van der Waals surface area contributed by atoms with Crippen LogP contribution in [0.2, 0.25) is 0 Å². The molecule has 0 N–H and O–H groups in total. The highest BCUT2D eigenvalue weighted by Crippen LogP contribution is 2.47. The van der Waals surface area contributed by atoms with Crippen molar-refractivity contribution in [2.45, 2.75) is 6.42 Å². The minimum absolute atomic E-state index is 0.197.